The molecule has 0 atom stereocenters. The molecule has 2 aromatic heterocycles. The van der Waals surface area contributed by atoms with Crippen molar-refractivity contribution in [1.29, 1.82) is 0 Å². The zero-order valence-electron chi connectivity index (χ0n) is 12.3. The number of carbonyl (C=O) groups excluding carboxylic acids is 1. The zero-order valence-corrected chi connectivity index (χ0v) is 12.3. The quantitative estimate of drug-likeness (QED) is 0.750. The molecule has 0 aliphatic rings. The minimum Gasteiger partial charge on any atom is -0.484 e. The van der Waals surface area contributed by atoms with Crippen molar-refractivity contribution in [3.05, 3.63) is 67.0 Å². The second-order valence-electron chi connectivity index (χ2n) is 4.79. The van der Waals surface area contributed by atoms with Gasteiger partial charge in [-0.05, 0) is 23.8 Å². The number of aromatic nitrogens is 4. The number of amides is 1. The van der Waals surface area contributed by atoms with Gasteiger partial charge < -0.3 is 9.30 Å². The molecular formula is C16H15N5O2. The number of benzene rings is 1. The molecule has 0 bridgehead atoms. The Morgan fingerprint density at radius 2 is 1.91 bits per heavy atom. The van der Waals surface area contributed by atoms with E-state index in [1.165, 1.54) is 0 Å². The molecule has 23 heavy (non-hydrogen) atoms. The Labute approximate surface area is 133 Å². The van der Waals surface area contributed by atoms with E-state index in [4.69, 9.17) is 4.74 Å². The molecule has 3 aromatic rings. The van der Waals surface area contributed by atoms with Crippen molar-refractivity contribution in [2.45, 2.75) is 6.54 Å². The average molecular weight is 309 g/mol. The van der Waals surface area contributed by atoms with Gasteiger partial charge in [-0.3, -0.25) is 10.1 Å². The van der Waals surface area contributed by atoms with Gasteiger partial charge in [-0.1, -0.05) is 12.1 Å². The van der Waals surface area contributed by atoms with E-state index in [0.29, 0.717) is 5.75 Å². The van der Waals surface area contributed by atoms with Crippen molar-refractivity contribution < 1.29 is 9.53 Å². The van der Waals surface area contributed by atoms with Crippen LogP contribution in [0, 0.1) is 0 Å². The highest BCUT2D eigenvalue weighted by molar-refractivity contribution is 5.90. The van der Waals surface area contributed by atoms with Crippen LogP contribution in [0.4, 0.5) is 5.95 Å². The van der Waals surface area contributed by atoms with Gasteiger partial charge in [0.2, 0.25) is 5.95 Å². The third-order valence-electron chi connectivity index (χ3n) is 3.03. The average Bonchev–Trinajstić information content (AvgIpc) is 3.08. The van der Waals surface area contributed by atoms with Gasteiger partial charge >= 0.3 is 0 Å². The van der Waals surface area contributed by atoms with Crippen LogP contribution in [0.25, 0.3) is 0 Å². The van der Waals surface area contributed by atoms with Gasteiger partial charge in [0.05, 0.1) is 6.33 Å². The summed E-state index contributed by atoms with van der Waals surface area (Å²) in [5, 5.41) is 2.56. The molecular weight excluding hydrogens is 294 g/mol. The predicted octanol–water partition coefficient (Wildman–Crippen LogP) is 1.74. The lowest BCUT2D eigenvalue weighted by Crippen LogP contribution is -2.21. The van der Waals surface area contributed by atoms with Gasteiger partial charge in [0.1, 0.15) is 5.75 Å². The third-order valence-corrected chi connectivity index (χ3v) is 3.03. The van der Waals surface area contributed by atoms with Crippen molar-refractivity contribution in [3.8, 4) is 5.75 Å². The molecule has 0 unspecified atom stereocenters. The van der Waals surface area contributed by atoms with Gasteiger partial charge in [-0.2, -0.15) is 0 Å². The minimum atomic E-state index is -0.307. The van der Waals surface area contributed by atoms with Gasteiger partial charge in [-0.25, -0.2) is 15.0 Å². The molecule has 0 saturated heterocycles. The van der Waals surface area contributed by atoms with E-state index in [2.05, 4.69) is 20.3 Å². The molecule has 1 N–H and O–H groups in total. The fourth-order valence-electron chi connectivity index (χ4n) is 1.96. The predicted molar refractivity (Wildman–Crippen MR) is 83.9 cm³/mol. The summed E-state index contributed by atoms with van der Waals surface area (Å²) in [4.78, 5) is 23.6. The molecule has 0 saturated carbocycles. The van der Waals surface area contributed by atoms with Crippen molar-refractivity contribution in [3.63, 3.8) is 0 Å². The SMILES string of the molecule is O=C(COc1ccc(Cn2ccnc2)cc1)Nc1ncccn1. The van der Waals surface area contributed by atoms with Crippen molar-refractivity contribution >= 4 is 11.9 Å². The Balaban J connectivity index is 1.49. The van der Waals surface area contributed by atoms with Crippen LogP contribution in [0.1, 0.15) is 5.56 Å². The summed E-state index contributed by atoms with van der Waals surface area (Å²) in [6, 6.07) is 9.25. The molecule has 0 aliphatic heterocycles. The van der Waals surface area contributed by atoms with Gasteiger partial charge in [0.15, 0.2) is 6.61 Å². The van der Waals surface area contributed by atoms with E-state index in [1.54, 1.807) is 31.0 Å². The summed E-state index contributed by atoms with van der Waals surface area (Å²) in [6.45, 7) is 0.644. The maximum Gasteiger partial charge on any atom is 0.264 e. The van der Waals surface area contributed by atoms with Crippen LogP contribution in [0.15, 0.2) is 61.4 Å². The van der Waals surface area contributed by atoms with E-state index in [-0.39, 0.29) is 18.5 Å². The second kappa shape index (κ2) is 7.17. The number of rotatable bonds is 6. The summed E-state index contributed by atoms with van der Waals surface area (Å²) in [5.74, 6) is 0.582. The zero-order chi connectivity index (χ0) is 15.9. The van der Waals surface area contributed by atoms with Crippen LogP contribution < -0.4 is 10.1 Å². The maximum atomic E-state index is 11.7. The number of ether oxygens (including phenoxy) is 1. The Kier molecular flexibility index (Phi) is 4.58. The Hall–Kier alpha value is -3.22. The van der Waals surface area contributed by atoms with Crippen LogP contribution in [-0.4, -0.2) is 32.0 Å². The Bertz CT molecular complexity index is 742. The fourth-order valence-corrected chi connectivity index (χ4v) is 1.96. The molecule has 116 valence electrons. The summed E-state index contributed by atoms with van der Waals surface area (Å²) in [5.41, 5.74) is 1.12. The molecule has 1 amide bonds. The summed E-state index contributed by atoms with van der Waals surface area (Å²) in [7, 11) is 0. The van der Waals surface area contributed by atoms with Gasteiger partial charge in [-0.15, -0.1) is 0 Å². The molecule has 3 rings (SSSR count). The van der Waals surface area contributed by atoms with Gasteiger partial charge in [0, 0.05) is 31.3 Å². The highest BCUT2D eigenvalue weighted by atomic mass is 16.5. The Morgan fingerprint density at radius 3 is 2.61 bits per heavy atom. The van der Waals surface area contributed by atoms with Crippen LogP contribution in [0.2, 0.25) is 0 Å². The summed E-state index contributed by atoms with van der Waals surface area (Å²) >= 11 is 0. The van der Waals surface area contributed by atoms with Crippen molar-refractivity contribution in [1.82, 2.24) is 19.5 Å². The third kappa shape index (κ3) is 4.37. The number of imidazole rings is 1. The van der Waals surface area contributed by atoms with Crippen LogP contribution >= 0.6 is 0 Å². The number of carbonyl (C=O) groups is 1. The first-order valence-electron chi connectivity index (χ1n) is 7.04. The minimum absolute atomic E-state index is 0.0981. The smallest absolute Gasteiger partial charge is 0.264 e. The van der Waals surface area contributed by atoms with Crippen LogP contribution in [0.5, 0.6) is 5.75 Å². The molecule has 0 aliphatic carbocycles. The highest BCUT2D eigenvalue weighted by Crippen LogP contribution is 2.13. The lowest BCUT2D eigenvalue weighted by atomic mass is 10.2. The van der Waals surface area contributed by atoms with E-state index in [0.717, 1.165) is 12.1 Å². The van der Waals surface area contributed by atoms with Crippen molar-refractivity contribution in [2.75, 3.05) is 11.9 Å². The highest BCUT2D eigenvalue weighted by Gasteiger charge is 2.05. The van der Waals surface area contributed by atoms with E-state index in [9.17, 15) is 4.79 Å². The van der Waals surface area contributed by atoms with E-state index >= 15 is 0 Å². The number of hydrogen-bond donors (Lipinski definition) is 1. The topological polar surface area (TPSA) is 81.9 Å². The second-order valence-corrected chi connectivity index (χ2v) is 4.79. The molecule has 7 nitrogen and oxygen atoms in total. The number of nitrogens with zero attached hydrogens (tertiary/aromatic N) is 4. The summed E-state index contributed by atoms with van der Waals surface area (Å²) in [6.07, 6.45) is 8.53. The number of anilines is 1. The lowest BCUT2D eigenvalue weighted by Gasteiger charge is -2.07. The van der Waals surface area contributed by atoms with Crippen molar-refractivity contribution in [2.24, 2.45) is 0 Å². The largest absolute Gasteiger partial charge is 0.484 e. The summed E-state index contributed by atoms with van der Waals surface area (Å²) < 4.78 is 7.42. The molecule has 0 spiro atoms. The maximum absolute atomic E-state index is 11.7. The van der Waals surface area contributed by atoms with E-state index < -0.39 is 0 Å². The number of nitrogens with one attached hydrogen (secondary N) is 1. The molecule has 2 heterocycles. The monoisotopic (exact) mass is 309 g/mol. The standard InChI is InChI=1S/C16H15N5O2/c22-15(20-16-18-6-1-7-19-16)11-23-14-4-2-13(3-5-14)10-21-9-8-17-12-21/h1-9,12H,10-11H2,(H,18,19,20,22). The first-order valence-corrected chi connectivity index (χ1v) is 7.04. The first-order chi connectivity index (χ1) is 11.3. The molecule has 0 radical (unpaired) electrons. The normalized spacial score (nSPS) is 10.3. The van der Waals surface area contributed by atoms with Crippen LogP contribution in [0.3, 0.4) is 0 Å². The van der Waals surface area contributed by atoms with Crippen LogP contribution in [-0.2, 0) is 11.3 Å². The molecule has 1 aromatic carbocycles. The Morgan fingerprint density at radius 1 is 1.13 bits per heavy atom. The van der Waals surface area contributed by atoms with Gasteiger partial charge in [0.25, 0.3) is 5.91 Å². The molecule has 7 heteroatoms. The fraction of sp³-hybridized carbons (Fsp3) is 0.125. The lowest BCUT2D eigenvalue weighted by molar-refractivity contribution is -0.118. The first kappa shape index (κ1) is 14.7. The number of hydrogen-bond acceptors (Lipinski definition) is 5. The van der Waals surface area contributed by atoms with E-state index in [1.807, 2.05) is 35.0 Å². The molecule has 0 fully saturated rings.